The van der Waals surface area contributed by atoms with Crippen molar-refractivity contribution in [2.75, 3.05) is 16.2 Å². The molecule has 2 aromatic heterocycles. The van der Waals surface area contributed by atoms with E-state index in [1.165, 1.54) is 4.57 Å². The number of pyridine rings is 1. The molecule has 4 N–H and O–H groups in total. The summed E-state index contributed by atoms with van der Waals surface area (Å²) in [6, 6.07) is 11.7. The van der Waals surface area contributed by atoms with Gasteiger partial charge in [-0.05, 0) is 56.9 Å². The van der Waals surface area contributed by atoms with Gasteiger partial charge in [0.2, 0.25) is 11.4 Å². The highest BCUT2D eigenvalue weighted by Crippen LogP contribution is 2.29. The summed E-state index contributed by atoms with van der Waals surface area (Å²) in [5, 5.41) is 14.9. The molecule has 0 bridgehead atoms. The number of hydrogen-bond acceptors (Lipinski definition) is 7. The van der Waals surface area contributed by atoms with Crippen LogP contribution in [0.4, 0.5) is 20.4 Å². The van der Waals surface area contributed by atoms with Gasteiger partial charge in [0, 0.05) is 48.0 Å². The summed E-state index contributed by atoms with van der Waals surface area (Å²) in [5.41, 5.74) is 1.50. The van der Waals surface area contributed by atoms with Gasteiger partial charge in [-0.1, -0.05) is 48.0 Å². The number of carboxylic acids is 1. The summed E-state index contributed by atoms with van der Waals surface area (Å²) in [6.07, 6.45) is 3.05. The minimum absolute atomic E-state index is 0.0839. The van der Waals surface area contributed by atoms with Crippen LogP contribution in [0.25, 0.3) is 10.9 Å². The number of benzene rings is 3. The Morgan fingerprint density at radius 1 is 1.10 bits per heavy atom. The quantitative estimate of drug-likeness (QED) is 0.129. The maximum atomic E-state index is 16.2. The van der Waals surface area contributed by atoms with E-state index in [9.17, 15) is 28.3 Å². The molecule has 0 aliphatic heterocycles. The van der Waals surface area contributed by atoms with Gasteiger partial charge in [0.25, 0.3) is 5.91 Å². The van der Waals surface area contributed by atoms with Gasteiger partial charge in [0.1, 0.15) is 11.4 Å². The molecule has 50 heavy (non-hydrogen) atoms. The van der Waals surface area contributed by atoms with Crippen LogP contribution in [0.2, 0.25) is 0 Å². The molecule has 0 aliphatic carbocycles. The van der Waals surface area contributed by atoms with Crippen molar-refractivity contribution in [1.82, 2.24) is 19.9 Å². The number of aryl methyl sites for hydroxylation is 6. The molecule has 2 atom stereocenters. The Labute approximate surface area is 288 Å². The van der Waals surface area contributed by atoms with Gasteiger partial charge in [-0.2, -0.15) is 0 Å². The Morgan fingerprint density at radius 3 is 2.38 bits per heavy atom. The van der Waals surface area contributed by atoms with Crippen molar-refractivity contribution in [2.45, 2.75) is 53.2 Å². The summed E-state index contributed by atoms with van der Waals surface area (Å²) in [7, 11) is 0. The van der Waals surface area contributed by atoms with Gasteiger partial charge in [0.15, 0.2) is 11.9 Å². The maximum Gasteiger partial charge on any atom is 0.329 e. The molecule has 0 radical (unpaired) electrons. The van der Waals surface area contributed by atoms with Crippen molar-refractivity contribution in [3.63, 3.8) is 0 Å². The number of fused-ring (bicyclic) bond motifs is 1. The van der Waals surface area contributed by atoms with Crippen molar-refractivity contribution in [1.29, 1.82) is 0 Å². The number of aliphatic carboxylic acids is 1. The molecule has 0 saturated carbocycles. The second kappa shape index (κ2) is 15.0. The third-order valence-corrected chi connectivity index (χ3v) is 9.01. The van der Waals surface area contributed by atoms with Crippen LogP contribution in [-0.2, 0) is 35.6 Å². The number of carboxylic acid groups (broad SMARTS) is 1. The number of hydrogen-bond donors (Lipinski definition) is 4. The van der Waals surface area contributed by atoms with Gasteiger partial charge < -0.3 is 29.8 Å². The molecular formula is C35H35F2N6O6S-. The number of carbonyl (C=O) groups is 2. The van der Waals surface area contributed by atoms with Crippen LogP contribution in [0.15, 0.2) is 65.7 Å². The molecule has 12 nitrogen and oxygen atoms in total. The first kappa shape index (κ1) is 35.9. The van der Waals surface area contributed by atoms with Gasteiger partial charge in [-0.3, -0.25) is 18.1 Å². The fourth-order valence-electron chi connectivity index (χ4n) is 6.00. The number of halogens is 2. The highest BCUT2D eigenvalue weighted by atomic mass is 32.2. The van der Waals surface area contributed by atoms with Crippen LogP contribution in [-0.4, -0.2) is 52.9 Å². The Bertz CT molecular complexity index is 2150. The number of anilines is 2. The summed E-state index contributed by atoms with van der Waals surface area (Å²) >= 11 is -3.07. The molecule has 3 aromatic carbocycles. The monoisotopic (exact) mass is 705 g/mol. The van der Waals surface area contributed by atoms with E-state index >= 15 is 8.78 Å². The number of imidazole rings is 1. The topological polar surface area (TPSA) is 172 Å². The summed E-state index contributed by atoms with van der Waals surface area (Å²) in [6.45, 7) is 5.91. The lowest BCUT2D eigenvalue weighted by atomic mass is 10.0. The molecule has 15 heteroatoms. The molecule has 0 aliphatic rings. The van der Waals surface area contributed by atoms with Crippen LogP contribution in [0, 0.1) is 39.3 Å². The Hall–Kier alpha value is -5.41. The summed E-state index contributed by atoms with van der Waals surface area (Å²) in [5.74, 6) is -4.34. The molecule has 5 rings (SSSR count). The molecule has 0 saturated heterocycles. The third-order valence-electron chi connectivity index (χ3n) is 8.25. The lowest BCUT2D eigenvalue weighted by molar-refractivity contribution is -0.138. The number of rotatable bonds is 13. The van der Waals surface area contributed by atoms with E-state index in [-0.39, 0.29) is 29.9 Å². The standard InChI is InChI=1S/C35H36F2N6O6S/c1-19-12-20(2)30(21(3)13-19)43(50(48)49)28(34(46)47)17-38-33(45)26-18-42(11-10-23-8-6-5-7-9-23)31-24(32(26)44)14-27(36)25(29(31)37)16-40-35-39-15-22(4)41-35/h5-9,12-15,18,28H,10-11,16-17H2,1-4H3,(H,38,45)(H,46,47)(H,48,49)(H2,39,40,41)/p-1. The van der Waals surface area contributed by atoms with Gasteiger partial charge in [0.05, 0.1) is 23.1 Å². The predicted molar refractivity (Wildman–Crippen MR) is 185 cm³/mol. The van der Waals surface area contributed by atoms with Crippen LogP contribution >= 0.6 is 0 Å². The number of amides is 1. The predicted octanol–water partition coefficient (Wildman–Crippen LogP) is 4.57. The Balaban J connectivity index is 1.52. The molecule has 1 amide bonds. The highest BCUT2D eigenvalue weighted by Gasteiger charge is 2.31. The fourth-order valence-corrected chi connectivity index (χ4v) is 6.81. The normalized spacial score (nSPS) is 12.5. The van der Waals surface area contributed by atoms with Crippen molar-refractivity contribution >= 4 is 45.7 Å². The van der Waals surface area contributed by atoms with Crippen molar-refractivity contribution in [2.24, 2.45) is 0 Å². The van der Waals surface area contributed by atoms with Crippen molar-refractivity contribution < 1.29 is 32.2 Å². The van der Waals surface area contributed by atoms with E-state index < -0.39 is 63.7 Å². The summed E-state index contributed by atoms with van der Waals surface area (Å²) in [4.78, 5) is 46.7. The second-order valence-corrected chi connectivity index (χ2v) is 12.8. The first-order valence-electron chi connectivity index (χ1n) is 15.6. The number of nitrogens with one attached hydrogen (secondary N) is 3. The highest BCUT2D eigenvalue weighted by molar-refractivity contribution is 7.80. The van der Waals surface area contributed by atoms with E-state index in [4.69, 9.17) is 0 Å². The minimum atomic E-state index is -3.07. The zero-order chi connectivity index (χ0) is 36.3. The molecule has 0 fully saturated rings. The van der Waals surface area contributed by atoms with Crippen LogP contribution in [0.3, 0.4) is 0 Å². The average molecular weight is 706 g/mol. The molecule has 2 unspecified atom stereocenters. The van der Waals surface area contributed by atoms with Crippen LogP contribution < -0.4 is 20.4 Å². The van der Waals surface area contributed by atoms with E-state index in [1.807, 2.05) is 37.3 Å². The lowest BCUT2D eigenvalue weighted by Gasteiger charge is -2.34. The smallest absolute Gasteiger partial charge is 0.329 e. The first-order valence-corrected chi connectivity index (χ1v) is 16.6. The number of H-pyrrole nitrogens is 1. The Morgan fingerprint density at radius 2 is 1.78 bits per heavy atom. The van der Waals surface area contributed by atoms with Gasteiger partial charge in [-0.25, -0.2) is 18.6 Å². The number of aromatic amines is 1. The van der Waals surface area contributed by atoms with E-state index in [2.05, 4.69) is 20.6 Å². The average Bonchev–Trinajstić information content (AvgIpc) is 3.48. The molecule has 5 aromatic rings. The fraction of sp³-hybridized carbons (Fsp3) is 0.257. The first-order chi connectivity index (χ1) is 23.8. The van der Waals surface area contributed by atoms with Crippen molar-refractivity contribution in [3.8, 4) is 0 Å². The zero-order valence-corrected chi connectivity index (χ0v) is 28.5. The molecule has 262 valence electrons. The molecule has 2 heterocycles. The molecular weight excluding hydrogens is 670 g/mol. The number of nitrogens with zero attached hydrogens (tertiary/aromatic N) is 3. The van der Waals surface area contributed by atoms with E-state index in [0.29, 0.717) is 27.8 Å². The maximum absolute atomic E-state index is 16.2. The third kappa shape index (κ3) is 7.58. The van der Waals surface area contributed by atoms with Crippen LogP contribution in [0.1, 0.15) is 43.9 Å². The second-order valence-electron chi connectivity index (χ2n) is 12.0. The van der Waals surface area contributed by atoms with E-state index in [0.717, 1.165) is 29.1 Å². The van der Waals surface area contributed by atoms with Gasteiger partial charge >= 0.3 is 5.97 Å². The van der Waals surface area contributed by atoms with Gasteiger partial charge in [-0.15, -0.1) is 0 Å². The zero-order valence-electron chi connectivity index (χ0n) is 27.7. The summed E-state index contributed by atoms with van der Waals surface area (Å²) < 4.78 is 58.5. The van der Waals surface area contributed by atoms with Crippen LogP contribution in [0.5, 0.6) is 0 Å². The number of aromatic nitrogens is 3. The minimum Gasteiger partial charge on any atom is -0.755 e. The lowest BCUT2D eigenvalue weighted by Crippen LogP contribution is -2.50. The Kier molecular flexibility index (Phi) is 10.8. The largest absolute Gasteiger partial charge is 0.755 e. The molecule has 0 spiro atoms. The van der Waals surface area contributed by atoms with Crippen molar-refractivity contribution in [3.05, 3.63) is 122 Å². The number of carbonyl (C=O) groups excluding carboxylic acids is 1. The SMILES string of the molecule is Cc1cc(C)c(N(C(CNC(=O)c2cn(CCc3ccccc3)c3c(F)c(CNc4ncc(C)[nH]4)c(F)cc3c2=O)C(=O)O)S(=O)[O-])c(C)c1. The van der Waals surface area contributed by atoms with E-state index in [1.54, 1.807) is 39.1 Å².